The molecule has 0 radical (unpaired) electrons. The Bertz CT molecular complexity index is 692. The van der Waals surface area contributed by atoms with E-state index in [4.69, 9.17) is 16.6 Å². The monoisotopic (exact) mass is 335 g/mol. The largest absolute Gasteiger partial charge is 0.335 e. The first-order valence-electron chi connectivity index (χ1n) is 7.37. The van der Waals surface area contributed by atoms with Gasteiger partial charge in [0.2, 0.25) is 0 Å². The molecule has 1 aliphatic rings. The third-order valence-corrected chi connectivity index (χ3v) is 5.33. The number of aromatic nitrogens is 1. The first-order valence-corrected chi connectivity index (χ1v) is 8.56. The van der Waals surface area contributed by atoms with E-state index >= 15 is 0 Å². The highest BCUT2D eigenvalue weighted by Gasteiger charge is 2.25. The molecule has 0 bridgehead atoms. The van der Waals surface area contributed by atoms with Gasteiger partial charge >= 0.3 is 6.03 Å². The molecular formula is C16H18ClN3OS. The zero-order valence-electron chi connectivity index (χ0n) is 12.2. The van der Waals surface area contributed by atoms with Crippen molar-refractivity contribution in [2.75, 3.05) is 19.6 Å². The fourth-order valence-corrected chi connectivity index (χ4v) is 3.98. The maximum absolute atomic E-state index is 11.9. The SMILES string of the molecule is C=CCNC(=O)N1CCC(c2nc3cc(Cl)ccc3s2)CC1. The third-order valence-electron chi connectivity index (χ3n) is 3.90. The molecule has 1 N–H and O–H groups in total. The van der Waals surface area contributed by atoms with Gasteiger partial charge in [-0.1, -0.05) is 17.7 Å². The molecule has 4 nitrogen and oxygen atoms in total. The van der Waals surface area contributed by atoms with Gasteiger partial charge in [0.25, 0.3) is 0 Å². The zero-order chi connectivity index (χ0) is 15.5. The summed E-state index contributed by atoms with van der Waals surface area (Å²) in [6, 6.07) is 5.83. The molecule has 1 aromatic heterocycles. The Morgan fingerprint density at radius 2 is 2.27 bits per heavy atom. The zero-order valence-corrected chi connectivity index (χ0v) is 13.8. The minimum absolute atomic E-state index is 0.00516. The van der Waals surface area contributed by atoms with Crippen molar-refractivity contribution in [3.8, 4) is 0 Å². The topological polar surface area (TPSA) is 45.2 Å². The molecule has 1 saturated heterocycles. The number of nitrogens with one attached hydrogen (secondary N) is 1. The standard InChI is InChI=1S/C16H18ClN3OS/c1-2-7-18-16(21)20-8-5-11(6-9-20)15-19-13-10-12(17)3-4-14(13)22-15/h2-4,10-11H,1,5-9H2,(H,18,21). The molecule has 2 heterocycles. The van der Waals surface area contributed by atoms with Gasteiger partial charge in [0.15, 0.2) is 0 Å². The number of halogens is 1. The summed E-state index contributed by atoms with van der Waals surface area (Å²) >= 11 is 7.75. The maximum atomic E-state index is 11.9. The molecule has 116 valence electrons. The second-order valence-electron chi connectivity index (χ2n) is 5.40. The number of hydrogen-bond donors (Lipinski definition) is 1. The fourth-order valence-electron chi connectivity index (χ4n) is 2.69. The normalized spacial score (nSPS) is 16.0. The first kappa shape index (κ1) is 15.3. The van der Waals surface area contributed by atoms with Crippen LogP contribution in [0, 0.1) is 0 Å². The number of rotatable bonds is 3. The summed E-state index contributed by atoms with van der Waals surface area (Å²) < 4.78 is 1.17. The van der Waals surface area contributed by atoms with Crippen molar-refractivity contribution in [3.63, 3.8) is 0 Å². The number of thiazole rings is 1. The number of amides is 2. The van der Waals surface area contributed by atoms with Crippen molar-refractivity contribution < 1.29 is 4.79 Å². The number of carbonyl (C=O) groups excluding carboxylic acids is 1. The lowest BCUT2D eigenvalue weighted by atomic mass is 9.98. The summed E-state index contributed by atoms with van der Waals surface area (Å²) in [5.74, 6) is 0.430. The average Bonchev–Trinajstić information content (AvgIpc) is 2.95. The van der Waals surface area contributed by atoms with Crippen LogP contribution in [0.5, 0.6) is 0 Å². The summed E-state index contributed by atoms with van der Waals surface area (Å²) in [7, 11) is 0. The van der Waals surface area contributed by atoms with Crippen molar-refractivity contribution in [1.82, 2.24) is 15.2 Å². The molecule has 22 heavy (non-hydrogen) atoms. The number of urea groups is 1. The molecular weight excluding hydrogens is 318 g/mol. The lowest BCUT2D eigenvalue weighted by molar-refractivity contribution is 0.182. The van der Waals surface area contributed by atoms with E-state index in [1.165, 1.54) is 4.70 Å². The van der Waals surface area contributed by atoms with Gasteiger partial charge in [0, 0.05) is 30.6 Å². The van der Waals surface area contributed by atoms with Gasteiger partial charge in [-0.25, -0.2) is 9.78 Å². The van der Waals surface area contributed by atoms with Crippen LogP contribution < -0.4 is 5.32 Å². The molecule has 0 atom stereocenters. The second-order valence-corrected chi connectivity index (χ2v) is 6.90. The van der Waals surface area contributed by atoms with E-state index in [-0.39, 0.29) is 6.03 Å². The van der Waals surface area contributed by atoms with E-state index in [0.29, 0.717) is 12.5 Å². The Hall–Kier alpha value is -1.59. The smallest absolute Gasteiger partial charge is 0.317 e. The maximum Gasteiger partial charge on any atom is 0.317 e. The van der Waals surface area contributed by atoms with Gasteiger partial charge < -0.3 is 10.2 Å². The van der Waals surface area contributed by atoms with E-state index < -0.39 is 0 Å². The lowest BCUT2D eigenvalue weighted by Gasteiger charge is -2.31. The molecule has 1 aromatic carbocycles. The highest BCUT2D eigenvalue weighted by atomic mass is 35.5. The van der Waals surface area contributed by atoms with Crippen molar-refractivity contribution in [3.05, 3.63) is 40.9 Å². The van der Waals surface area contributed by atoms with Crippen LogP contribution in [0.4, 0.5) is 4.79 Å². The Morgan fingerprint density at radius 1 is 1.50 bits per heavy atom. The third kappa shape index (κ3) is 3.25. The van der Waals surface area contributed by atoms with Gasteiger partial charge in [0.1, 0.15) is 0 Å². The predicted molar refractivity (Wildman–Crippen MR) is 91.8 cm³/mol. The Morgan fingerprint density at radius 3 is 3.00 bits per heavy atom. The van der Waals surface area contributed by atoms with Crippen molar-refractivity contribution in [2.24, 2.45) is 0 Å². The molecule has 2 aromatic rings. The van der Waals surface area contributed by atoms with E-state index in [1.807, 2.05) is 23.1 Å². The molecule has 3 rings (SSSR count). The van der Waals surface area contributed by atoms with Gasteiger partial charge in [0.05, 0.1) is 15.2 Å². The molecule has 1 aliphatic heterocycles. The Labute approximate surface area is 138 Å². The number of piperidine rings is 1. The minimum Gasteiger partial charge on any atom is -0.335 e. The number of hydrogen-bond acceptors (Lipinski definition) is 3. The summed E-state index contributed by atoms with van der Waals surface area (Å²) in [5, 5.41) is 4.70. The highest BCUT2D eigenvalue weighted by Crippen LogP contribution is 2.34. The van der Waals surface area contributed by atoms with Crippen LogP contribution in [0.3, 0.4) is 0 Å². The predicted octanol–water partition coefficient (Wildman–Crippen LogP) is 4.02. The summed E-state index contributed by atoms with van der Waals surface area (Å²) in [4.78, 5) is 18.5. The first-order chi connectivity index (χ1) is 10.7. The minimum atomic E-state index is -0.00516. The van der Waals surface area contributed by atoms with Crippen LogP contribution in [0.2, 0.25) is 5.02 Å². The highest BCUT2D eigenvalue weighted by molar-refractivity contribution is 7.18. The van der Waals surface area contributed by atoms with Gasteiger partial charge in [-0.3, -0.25) is 0 Å². The number of carbonyl (C=O) groups is 1. The number of benzene rings is 1. The molecule has 0 aliphatic carbocycles. The van der Waals surface area contributed by atoms with Crippen LogP contribution in [0.15, 0.2) is 30.9 Å². The van der Waals surface area contributed by atoms with Crippen LogP contribution in [0.1, 0.15) is 23.8 Å². The molecule has 0 saturated carbocycles. The van der Waals surface area contributed by atoms with Gasteiger partial charge in [-0.15, -0.1) is 17.9 Å². The molecule has 2 amide bonds. The average molecular weight is 336 g/mol. The van der Waals surface area contributed by atoms with Crippen molar-refractivity contribution in [1.29, 1.82) is 0 Å². The summed E-state index contributed by atoms with van der Waals surface area (Å²) in [6.07, 6.45) is 3.60. The molecule has 0 unspecified atom stereocenters. The summed E-state index contributed by atoms with van der Waals surface area (Å²) in [5.41, 5.74) is 0.971. The second kappa shape index (κ2) is 6.67. The van der Waals surface area contributed by atoms with Gasteiger partial charge in [-0.05, 0) is 31.0 Å². The van der Waals surface area contributed by atoms with E-state index in [0.717, 1.165) is 41.5 Å². The van der Waals surface area contributed by atoms with Crippen LogP contribution >= 0.6 is 22.9 Å². The van der Waals surface area contributed by atoms with E-state index in [1.54, 1.807) is 17.4 Å². The van der Waals surface area contributed by atoms with Crippen LogP contribution in [-0.4, -0.2) is 35.5 Å². The lowest BCUT2D eigenvalue weighted by Crippen LogP contribution is -2.44. The van der Waals surface area contributed by atoms with E-state index in [9.17, 15) is 4.79 Å². The van der Waals surface area contributed by atoms with Crippen molar-refractivity contribution in [2.45, 2.75) is 18.8 Å². The summed E-state index contributed by atoms with van der Waals surface area (Å²) in [6.45, 7) is 5.65. The van der Waals surface area contributed by atoms with Gasteiger partial charge in [-0.2, -0.15) is 0 Å². The Balaban J connectivity index is 1.65. The number of nitrogens with zero attached hydrogens (tertiary/aromatic N) is 2. The number of fused-ring (bicyclic) bond motifs is 1. The molecule has 0 spiro atoms. The molecule has 6 heteroatoms. The van der Waals surface area contributed by atoms with Crippen LogP contribution in [-0.2, 0) is 0 Å². The fraction of sp³-hybridized carbons (Fsp3) is 0.375. The number of likely N-dealkylation sites (tertiary alicyclic amines) is 1. The molecule has 1 fully saturated rings. The quantitative estimate of drug-likeness (QED) is 0.861. The van der Waals surface area contributed by atoms with Crippen LogP contribution in [0.25, 0.3) is 10.2 Å². The Kier molecular flexibility index (Phi) is 4.64. The van der Waals surface area contributed by atoms with Crippen molar-refractivity contribution >= 4 is 39.2 Å². The van der Waals surface area contributed by atoms with E-state index in [2.05, 4.69) is 11.9 Å².